The van der Waals surface area contributed by atoms with Gasteiger partial charge in [-0.2, -0.15) is 0 Å². The summed E-state index contributed by atoms with van der Waals surface area (Å²) in [7, 11) is 3.86. The number of quaternary nitrogens is 1. The summed E-state index contributed by atoms with van der Waals surface area (Å²) in [5, 5.41) is 9.95. The van der Waals surface area contributed by atoms with Gasteiger partial charge in [-0.15, -0.1) is 0 Å². The quantitative estimate of drug-likeness (QED) is 0.440. The Kier molecular flexibility index (Phi) is 1.82. The smallest absolute Gasteiger partial charge is 0.315 e. The molecule has 64 valence electrons. The van der Waals surface area contributed by atoms with E-state index in [1.165, 1.54) is 0 Å². The first-order chi connectivity index (χ1) is 4.90. The maximum atomic E-state index is 9.95. The van der Waals surface area contributed by atoms with Crippen LogP contribution in [0.1, 0.15) is 6.92 Å². The maximum absolute atomic E-state index is 9.95. The van der Waals surface area contributed by atoms with Crippen LogP contribution in [0.25, 0.3) is 0 Å². The highest BCUT2D eigenvalue weighted by molar-refractivity contribution is 4.99. The third-order valence-electron chi connectivity index (χ3n) is 2.33. The monoisotopic (exact) mass is 158 g/mol. The number of ether oxygens (including phenoxy) is 1. The minimum atomic E-state index is -1.17. The predicted octanol–water partition coefficient (Wildman–Crippen LogP) is 0.315. The molecule has 1 aliphatic heterocycles. The Morgan fingerprint density at radius 2 is 2.18 bits per heavy atom. The molecule has 0 amide bonds. The van der Waals surface area contributed by atoms with E-state index < -0.39 is 5.91 Å². The van der Waals surface area contributed by atoms with Crippen LogP contribution in [0.4, 0.5) is 0 Å². The van der Waals surface area contributed by atoms with E-state index in [0.717, 1.165) is 6.54 Å². The third-order valence-corrected chi connectivity index (χ3v) is 2.33. The van der Waals surface area contributed by atoms with Gasteiger partial charge in [-0.05, 0) is 6.92 Å². The van der Waals surface area contributed by atoms with E-state index in [4.69, 9.17) is 4.74 Å². The summed E-state index contributed by atoms with van der Waals surface area (Å²) >= 11 is 0. The van der Waals surface area contributed by atoms with Crippen LogP contribution in [0, 0.1) is 0 Å². The van der Waals surface area contributed by atoms with Gasteiger partial charge in [0.05, 0.1) is 14.1 Å². The van der Waals surface area contributed by atoms with Crippen molar-refractivity contribution in [2.45, 2.75) is 12.8 Å². The van der Waals surface area contributed by atoms with Crippen molar-refractivity contribution in [3.8, 4) is 0 Å². The molecule has 11 heavy (non-hydrogen) atoms. The van der Waals surface area contributed by atoms with Crippen LogP contribution >= 0.6 is 0 Å². The van der Waals surface area contributed by atoms with Crippen molar-refractivity contribution in [1.82, 2.24) is 0 Å². The Morgan fingerprint density at radius 3 is 2.36 bits per heavy atom. The fraction of sp³-hybridized carbons (Fsp3) is 0.750. The fourth-order valence-electron chi connectivity index (χ4n) is 1.38. The summed E-state index contributed by atoms with van der Waals surface area (Å²) in [4.78, 5) is 0. The molecule has 0 spiro atoms. The van der Waals surface area contributed by atoms with E-state index >= 15 is 0 Å². The number of rotatable bonds is 1. The van der Waals surface area contributed by atoms with Crippen LogP contribution in [-0.2, 0) is 4.74 Å². The topological polar surface area (TPSA) is 29.5 Å². The number of hydrogen-bond donors (Lipinski definition) is 1. The Hall–Kier alpha value is -0.380. The van der Waals surface area contributed by atoms with Gasteiger partial charge >= 0.3 is 5.91 Å². The molecular weight excluding hydrogens is 142 g/mol. The molecule has 3 nitrogen and oxygen atoms in total. The Morgan fingerprint density at radius 1 is 1.64 bits per heavy atom. The van der Waals surface area contributed by atoms with E-state index in [-0.39, 0.29) is 0 Å². The molecule has 0 saturated carbocycles. The van der Waals surface area contributed by atoms with Crippen LogP contribution < -0.4 is 0 Å². The second-order valence-electron chi connectivity index (χ2n) is 3.65. The van der Waals surface area contributed by atoms with Crippen LogP contribution in [-0.4, -0.2) is 42.7 Å². The Labute approximate surface area is 67.5 Å². The maximum Gasteiger partial charge on any atom is 0.340 e. The van der Waals surface area contributed by atoms with Gasteiger partial charge in [0.25, 0.3) is 0 Å². The summed E-state index contributed by atoms with van der Waals surface area (Å²) in [6.45, 7) is 6.91. The van der Waals surface area contributed by atoms with Gasteiger partial charge in [-0.25, -0.2) is 0 Å². The van der Waals surface area contributed by atoms with Crippen molar-refractivity contribution in [2.75, 3.05) is 27.2 Å². The van der Waals surface area contributed by atoms with E-state index in [1.54, 1.807) is 6.92 Å². The molecule has 1 fully saturated rings. The molecule has 3 heteroatoms. The molecule has 0 aromatic heterocycles. The van der Waals surface area contributed by atoms with Crippen molar-refractivity contribution in [3.63, 3.8) is 0 Å². The number of hydrogen-bond acceptors (Lipinski definition) is 2. The summed E-state index contributed by atoms with van der Waals surface area (Å²) in [5.41, 5.74) is 0.667. The molecular formula is C8H16NO2+. The molecule has 0 aromatic carbocycles. The molecule has 1 atom stereocenters. The molecule has 1 aliphatic rings. The van der Waals surface area contributed by atoms with E-state index in [0.29, 0.717) is 16.7 Å². The molecule has 1 unspecified atom stereocenters. The number of nitrogens with zero attached hydrogens (tertiary/aromatic N) is 1. The zero-order chi connectivity index (χ0) is 8.70. The minimum absolute atomic E-state index is 0.447. The zero-order valence-corrected chi connectivity index (χ0v) is 7.42. The average Bonchev–Trinajstić information content (AvgIpc) is 2.09. The molecule has 1 heterocycles. The summed E-state index contributed by atoms with van der Waals surface area (Å²) in [6, 6.07) is 0. The fourth-order valence-corrected chi connectivity index (χ4v) is 1.38. The van der Waals surface area contributed by atoms with Gasteiger partial charge in [-0.3, -0.25) is 9.22 Å². The molecule has 0 radical (unpaired) electrons. The normalized spacial score (nSPS) is 35.6. The first kappa shape index (κ1) is 8.71. The van der Waals surface area contributed by atoms with Crippen LogP contribution in [0.15, 0.2) is 12.2 Å². The van der Waals surface area contributed by atoms with Gasteiger partial charge in [-0.1, -0.05) is 6.58 Å². The second-order valence-corrected chi connectivity index (χ2v) is 3.65. The standard InChI is InChI=1S/C8H16NO2/c1-7(2)8(10)9(3,4)5-6-11-8/h10H,1,5-6H2,2-4H3/q+1. The molecule has 0 aromatic rings. The highest BCUT2D eigenvalue weighted by atomic mass is 16.7. The largest absolute Gasteiger partial charge is 0.340 e. The summed E-state index contributed by atoms with van der Waals surface area (Å²) in [6.07, 6.45) is 0. The Balaban J connectivity index is 2.93. The molecule has 1 N–H and O–H groups in total. The molecule has 1 rings (SSSR count). The van der Waals surface area contributed by atoms with Gasteiger partial charge in [0.1, 0.15) is 13.2 Å². The summed E-state index contributed by atoms with van der Waals surface area (Å²) in [5.74, 6) is -1.17. The lowest BCUT2D eigenvalue weighted by atomic mass is 10.2. The average molecular weight is 158 g/mol. The first-order valence-corrected chi connectivity index (χ1v) is 3.75. The summed E-state index contributed by atoms with van der Waals surface area (Å²) < 4.78 is 5.69. The van der Waals surface area contributed by atoms with Crippen molar-refractivity contribution in [3.05, 3.63) is 12.2 Å². The number of likely N-dealkylation sites (N-methyl/N-ethyl adjacent to an activating group) is 1. The molecule has 0 aliphatic carbocycles. The second kappa shape index (κ2) is 2.30. The van der Waals surface area contributed by atoms with E-state index in [2.05, 4.69) is 6.58 Å². The lowest BCUT2D eigenvalue weighted by Gasteiger charge is -2.36. The van der Waals surface area contributed by atoms with Gasteiger partial charge < -0.3 is 5.11 Å². The SMILES string of the molecule is C=C(C)C1(O)OCC[N+]1(C)C. The van der Waals surface area contributed by atoms with E-state index in [9.17, 15) is 5.11 Å². The molecule has 0 bridgehead atoms. The van der Waals surface area contributed by atoms with E-state index in [1.807, 2.05) is 14.1 Å². The van der Waals surface area contributed by atoms with Crippen LogP contribution in [0.5, 0.6) is 0 Å². The predicted molar refractivity (Wildman–Crippen MR) is 42.7 cm³/mol. The van der Waals surface area contributed by atoms with Gasteiger partial charge in [0, 0.05) is 5.57 Å². The first-order valence-electron chi connectivity index (χ1n) is 3.75. The van der Waals surface area contributed by atoms with Crippen molar-refractivity contribution >= 4 is 0 Å². The third kappa shape index (κ3) is 1.09. The highest BCUT2D eigenvalue weighted by Gasteiger charge is 2.51. The van der Waals surface area contributed by atoms with Crippen molar-refractivity contribution in [1.29, 1.82) is 0 Å². The highest BCUT2D eigenvalue weighted by Crippen LogP contribution is 2.31. The lowest BCUT2D eigenvalue weighted by Crippen LogP contribution is -2.56. The Bertz CT molecular complexity index is 189. The number of aliphatic hydroxyl groups is 1. The van der Waals surface area contributed by atoms with Crippen LogP contribution in [0.2, 0.25) is 0 Å². The zero-order valence-electron chi connectivity index (χ0n) is 7.42. The van der Waals surface area contributed by atoms with Crippen molar-refractivity contribution in [2.24, 2.45) is 0 Å². The van der Waals surface area contributed by atoms with Crippen LogP contribution in [0.3, 0.4) is 0 Å². The van der Waals surface area contributed by atoms with Crippen molar-refractivity contribution < 1.29 is 14.3 Å². The molecule has 1 saturated heterocycles. The minimum Gasteiger partial charge on any atom is -0.315 e. The van der Waals surface area contributed by atoms with Gasteiger partial charge in [0.2, 0.25) is 0 Å². The van der Waals surface area contributed by atoms with Gasteiger partial charge in [0.15, 0.2) is 0 Å². The lowest BCUT2D eigenvalue weighted by molar-refractivity contribution is -0.963.